The number of carbonyl (C=O) groups excluding carboxylic acids is 1. The topological polar surface area (TPSA) is 46.4 Å². The van der Waals surface area contributed by atoms with E-state index in [0.29, 0.717) is 0 Å². The summed E-state index contributed by atoms with van der Waals surface area (Å²) in [5.74, 6) is -0.0718. The number of rotatable bonds is 3. The Bertz CT molecular complexity index is 793. The molecule has 0 saturated heterocycles. The van der Waals surface area contributed by atoms with Crippen molar-refractivity contribution in [3.8, 4) is 0 Å². The minimum atomic E-state index is -0.0718. The maximum atomic E-state index is 12.0. The fraction of sp³-hybridized carbons (Fsp3) is 0.125. The van der Waals surface area contributed by atoms with E-state index in [4.69, 9.17) is 0 Å². The number of carbonyl (C=O) groups is 1. The highest BCUT2D eigenvalue weighted by atomic mass is 79.9. The third kappa shape index (κ3) is 3.31. The molecule has 0 aliphatic rings. The van der Waals surface area contributed by atoms with Crippen molar-refractivity contribution in [1.29, 1.82) is 0 Å². The zero-order chi connectivity index (χ0) is 14.8. The highest BCUT2D eigenvalue weighted by Crippen LogP contribution is 2.14. The molecule has 1 N–H and O–H groups in total. The van der Waals surface area contributed by atoms with Crippen LogP contribution in [0.5, 0.6) is 0 Å². The van der Waals surface area contributed by atoms with Gasteiger partial charge in [0.05, 0.1) is 12.1 Å². The number of hydrogen-bond donors (Lipinski definition) is 1. The van der Waals surface area contributed by atoms with E-state index >= 15 is 0 Å². The van der Waals surface area contributed by atoms with Crippen molar-refractivity contribution < 1.29 is 4.79 Å². The van der Waals surface area contributed by atoms with E-state index in [1.165, 1.54) is 0 Å². The average molecular weight is 344 g/mol. The quantitative estimate of drug-likeness (QED) is 0.789. The predicted octanol–water partition coefficient (Wildman–Crippen LogP) is 3.59. The van der Waals surface area contributed by atoms with Crippen LogP contribution < -0.4 is 5.32 Å². The summed E-state index contributed by atoms with van der Waals surface area (Å²) in [6.07, 6.45) is 4.10. The summed E-state index contributed by atoms with van der Waals surface area (Å²) in [4.78, 5) is 16.5. The Morgan fingerprint density at radius 1 is 1.29 bits per heavy atom. The molecule has 0 radical (unpaired) electrons. The standard InChI is InChI=1S/C16H14BrN3O/c1-11-6-7-20-10-14(18-15(20)8-11)9-16(21)19-13-4-2-12(17)3-5-13/h2-8,10H,9H2,1H3,(H,19,21). The maximum absolute atomic E-state index is 12.0. The summed E-state index contributed by atoms with van der Waals surface area (Å²) in [5.41, 5.74) is 3.55. The van der Waals surface area contributed by atoms with Crippen molar-refractivity contribution in [2.24, 2.45) is 0 Å². The van der Waals surface area contributed by atoms with Gasteiger partial charge in [0.25, 0.3) is 0 Å². The molecule has 0 aliphatic heterocycles. The van der Waals surface area contributed by atoms with Crippen LogP contribution in [0.2, 0.25) is 0 Å². The number of aromatic nitrogens is 2. The fourth-order valence-electron chi connectivity index (χ4n) is 2.12. The van der Waals surface area contributed by atoms with E-state index in [0.717, 1.165) is 27.1 Å². The van der Waals surface area contributed by atoms with Crippen LogP contribution in [-0.2, 0) is 11.2 Å². The molecular weight excluding hydrogens is 330 g/mol. The van der Waals surface area contributed by atoms with Gasteiger partial charge in [-0.2, -0.15) is 0 Å². The number of anilines is 1. The van der Waals surface area contributed by atoms with Crippen LogP contribution in [0.1, 0.15) is 11.3 Å². The molecule has 3 rings (SSSR count). The Labute approximate surface area is 131 Å². The molecule has 0 bridgehead atoms. The number of hydrogen-bond acceptors (Lipinski definition) is 2. The van der Waals surface area contributed by atoms with Gasteiger partial charge >= 0.3 is 0 Å². The molecule has 1 amide bonds. The lowest BCUT2D eigenvalue weighted by atomic mass is 10.3. The monoisotopic (exact) mass is 343 g/mol. The molecule has 4 nitrogen and oxygen atoms in total. The molecule has 0 unspecified atom stereocenters. The molecule has 1 aromatic carbocycles. The Hall–Kier alpha value is -2.14. The number of benzene rings is 1. The number of aryl methyl sites for hydroxylation is 1. The van der Waals surface area contributed by atoms with Gasteiger partial charge in [-0.15, -0.1) is 0 Å². The number of nitrogens with zero attached hydrogens (tertiary/aromatic N) is 2. The van der Waals surface area contributed by atoms with Crippen LogP contribution in [-0.4, -0.2) is 15.3 Å². The average Bonchev–Trinajstić information content (AvgIpc) is 2.82. The lowest BCUT2D eigenvalue weighted by Crippen LogP contribution is -2.14. The predicted molar refractivity (Wildman–Crippen MR) is 86.4 cm³/mol. The lowest BCUT2D eigenvalue weighted by Gasteiger charge is -2.03. The number of pyridine rings is 1. The van der Waals surface area contributed by atoms with Gasteiger partial charge in [-0.05, 0) is 48.9 Å². The second-order valence-electron chi connectivity index (χ2n) is 4.93. The van der Waals surface area contributed by atoms with Gasteiger partial charge in [0.15, 0.2) is 0 Å². The van der Waals surface area contributed by atoms with E-state index in [1.807, 2.05) is 60.1 Å². The van der Waals surface area contributed by atoms with Crippen molar-refractivity contribution in [1.82, 2.24) is 9.38 Å². The minimum Gasteiger partial charge on any atom is -0.326 e. The van der Waals surface area contributed by atoms with E-state index in [9.17, 15) is 4.79 Å². The van der Waals surface area contributed by atoms with Crippen molar-refractivity contribution in [3.05, 3.63) is 64.5 Å². The van der Waals surface area contributed by atoms with Crippen LogP contribution >= 0.6 is 15.9 Å². The number of fused-ring (bicyclic) bond motifs is 1. The molecule has 0 atom stereocenters. The highest BCUT2D eigenvalue weighted by molar-refractivity contribution is 9.10. The summed E-state index contributed by atoms with van der Waals surface area (Å²) in [6, 6.07) is 11.5. The molecular formula is C16H14BrN3O. The van der Waals surface area contributed by atoms with E-state index in [1.54, 1.807) is 0 Å². The van der Waals surface area contributed by atoms with E-state index in [-0.39, 0.29) is 12.3 Å². The summed E-state index contributed by atoms with van der Waals surface area (Å²) in [7, 11) is 0. The first kappa shape index (κ1) is 13.8. The Morgan fingerprint density at radius 2 is 2.05 bits per heavy atom. The molecule has 0 fully saturated rings. The van der Waals surface area contributed by atoms with Gasteiger partial charge in [0, 0.05) is 22.6 Å². The summed E-state index contributed by atoms with van der Waals surface area (Å²) in [5, 5.41) is 2.86. The van der Waals surface area contributed by atoms with Crippen molar-refractivity contribution in [2.75, 3.05) is 5.32 Å². The van der Waals surface area contributed by atoms with E-state index < -0.39 is 0 Å². The smallest absolute Gasteiger partial charge is 0.230 e. The Kier molecular flexibility index (Phi) is 3.75. The minimum absolute atomic E-state index is 0.0718. The first-order valence-electron chi connectivity index (χ1n) is 6.60. The molecule has 0 spiro atoms. The van der Waals surface area contributed by atoms with Gasteiger partial charge in [-0.1, -0.05) is 15.9 Å². The largest absolute Gasteiger partial charge is 0.326 e. The maximum Gasteiger partial charge on any atom is 0.230 e. The van der Waals surface area contributed by atoms with Gasteiger partial charge < -0.3 is 9.72 Å². The molecule has 21 heavy (non-hydrogen) atoms. The molecule has 106 valence electrons. The normalized spacial score (nSPS) is 10.8. The Morgan fingerprint density at radius 3 is 2.81 bits per heavy atom. The molecule has 0 saturated carbocycles. The highest BCUT2D eigenvalue weighted by Gasteiger charge is 2.08. The molecule has 0 aliphatic carbocycles. The van der Waals surface area contributed by atoms with Gasteiger partial charge in [-0.25, -0.2) is 4.98 Å². The van der Waals surface area contributed by atoms with Gasteiger partial charge in [0.2, 0.25) is 5.91 Å². The zero-order valence-electron chi connectivity index (χ0n) is 11.5. The first-order valence-corrected chi connectivity index (χ1v) is 7.39. The zero-order valence-corrected chi connectivity index (χ0v) is 13.1. The van der Waals surface area contributed by atoms with Crippen LogP contribution in [0.15, 0.2) is 53.3 Å². The Balaban J connectivity index is 1.72. The van der Waals surface area contributed by atoms with Crippen LogP contribution in [0.25, 0.3) is 5.65 Å². The molecule has 2 aromatic heterocycles. The third-order valence-electron chi connectivity index (χ3n) is 3.14. The van der Waals surface area contributed by atoms with Crippen molar-refractivity contribution >= 4 is 33.2 Å². The number of halogens is 1. The van der Waals surface area contributed by atoms with Crippen molar-refractivity contribution in [2.45, 2.75) is 13.3 Å². The molecule has 5 heteroatoms. The number of nitrogens with one attached hydrogen (secondary N) is 1. The SMILES string of the molecule is Cc1ccn2cc(CC(=O)Nc3ccc(Br)cc3)nc2c1. The molecule has 2 heterocycles. The van der Waals surface area contributed by atoms with Crippen LogP contribution in [0.3, 0.4) is 0 Å². The number of amides is 1. The molecule has 3 aromatic rings. The first-order chi connectivity index (χ1) is 10.1. The third-order valence-corrected chi connectivity index (χ3v) is 3.66. The summed E-state index contributed by atoms with van der Waals surface area (Å²) < 4.78 is 2.91. The van der Waals surface area contributed by atoms with Crippen LogP contribution in [0, 0.1) is 6.92 Å². The lowest BCUT2D eigenvalue weighted by molar-refractivity contribution is -0.115. The second kappa shape index (κ2) is 5.69. The van der Waals surface area contributed by atoms with Crippen LogP contribution in [0.4, 0.5) is 5.69 Å². The van der Waals surface area contributed by atoms with Gasteiger partial charge in [0.1, 0.15) is 5.65 Å². The fourth-order valence-corrected chi connectivity index (χ4v) is 2.39. The van der Waals surface area contributed by atoms with Crippen molar-refractivity contribution in [3.63, 3.8) is 0 Å². The summed E-state index contributed by atoms with van der Waals surface area (Å²) >= 11 is 3.37. The number of imidazole rings is 1. The summed E-state index contributed by atoms with van der Waals surface area (Å²) in [6.45, 7) is 2.02. The van der Waals surface area contributed by atoms with Gasteiger partial charge in [-0.3, -0.25) is 4.79 Å². The second-order valence-corrected chi connectivity index (χ2v) is 5.85. The van der Waals surface area contributed by atoms with E-state index in [2.05, 4.69) is 26.2 Å².